The van der Waals surface area contributed by atoms with Crippen molar-refractivity contribution < 1.29 is 18.9 Å². The van der Waals surface area contributed by atoms with Crippen LogP contribution in [0.5, 0.6) is 0 Å². The Morgan fingerprint density at radius 1 is 1.08 bits per heavy atom. The van der Waals surface area contributed by atoms with Crippen molar-refractivity contribution in [1.29, 1.82) is 0 Å². The molecule has 0 N–H and O–H groups in total. The first-order chi connectivity index (χ1) is 11.9. The largest absolute Gasteiger partial charge is 0.381 e. The highest BCUT2D eigenvalue weighted by Gasteiger charge is 2.61. The van der Waals surface area contributed by atoms with E-state index in [1.807, 2.05) is 0 Å². The van der Waals surface area contributed by atoms with Crippen LogP contribution in [0.4, 0.5) is 0 Å². The van der Waals surface area contributed by atoms with Crippen LogP contribution in [0.3, 0.4) is 0 Å². The lowest BCUT2D eigenvalue weighted by Gasteiger charge is -2.59. The van der Waals surface area contributed by atoms with Crippen LogP contribution >= 0.6 is 0 Å². The van der Waals surface area contributed by atoms with Gasteiger partial charge in [-0.25, -0.2) is 0 Å². The van der Waals surface area contributed by atoms with E-state index in [1.165, 1.54) is 12.8 Å². The summed E-state index contributed by atoms with van der Waals surface area (Å²) in [6, 6.07) is 0. The molecule has 3 saturated heterocycles. The average molecular weight is 353 g/mol. The summed E-state index contributed by atoms with van der Waals surface area (Å²) in [5, 5.41) is 0. The Morgan fingerprint density at radius 3 is 2.72 bits per heavy atom. The fourth-order valence-corrected chi connectivity index (χ4v) is 6.16. The van der Waals surface area contributed by atoms with Crippen molar-refractivity contribution in [3.8, 4) is 0 Å². The van der Waals surface area contributed by atoms with Crippen LogP contribution < -0.4 is 0 Å². The number of hydrogen-bond acceptors (Lipinski definition) is 4. The van der Waals surface area contributed by atoms with E-state index < -0.39 is 0 Å². The lowest BCUT2D eigenvalue weighted by molar-refractivity contribution is -0.273. The summed E-state index contributed by atoms with van der Waals surface area (Å²) in [6.07, 6.45) is 5.43. The van der Waals surface area contributed by atoms with E-state index >= 15 is 0 Å². The molecule has 0 aromatic rings. The molecule has 4 aliphatic rings. The maximum absolute atomic E-state index is 6.67. The maximum atomic E-state index is 6.67. The first-order valence-electron chi connectivity index (χ1n) is 10.4. The second-order valence-corrected chi connectivity index (χ2v) is 9.52. The Hall–Kier alpha value is -0.160. The van der Waals surface area contributed by atoms with E-state index in [0.29, 0.717) is 41.3 Å². The number of ether oxygens (including phenoxy) is 4. The second kappa shape index (κ2) is 6.78. The third-order valence-electron chi connectivity index (χ3n) is 8.03. The lowest BCUT2D eigenvalue weighted by Crippen LogP contribution is -2.63. The van der Waals surface area contributed by atoms with Crippen LogP contribution in [0, 0.1) is 29.1 Å². The van der Waals surface area contributed by atoms with Gasteiger partial charge < -0.3 is 18.9 Å². The zero-order chi connectivity index (χ0) is 17.7. The predicted octanol–water partition coefficient (Wildman–Crippen LogP) is 3.67. The first kappa shape index (κ1) is 18.2. The van der Waals surface area contributed by atoms with Gasteiger partial charge in [0.15, 0.2) is 0 Å². The van der Waals surface area contributed by atoms with Crippen LogP contribution in [-0.2, 0) is 18.9 Å². The molecule has 3 aliphatic heterocycles. The monoisotopic (exact) mass is 352 g/mol. The Bertz CT molecular complexity index is 481. The van der Waals surface area contributed by atoms with Crippen molar-refractivity contribution in [2.45, 2.75) is 71.2 Å². The molecule has 0 amide bonds. The molecule has 7 unspecified atom stereocenters. The minimum atomic E-state index is -0.0319. The lowest BCUT2D eigenvalue weighted by atomic mass is 9.58. The standard InChI is InChI=1S/C21H36O4/c1-14(2)23-9-7-15-5-6-17-19-18(13-25-21(15,17)4)20(3)8-10-22-11-16(20)12-24-19/h14-19H,5-13H2,1-4H3. The van der Waals surface area contributed by atoms with Crippen LogP contribution in [0.2, 0.25) is 0 Å². The maximum Gasteiger partial charge on any atom is 0.0736 e. The normalized spacial score (nSPS) is 49.6. The van der Waals surface area contributed by atoms with Crippen LogP contribution in [0.15, 0.2) is 0 Å². The molecule has 3 heterocycles. The Balaban J connectivity index is 1.48. The summed E-state index contributed by atoms with van der Waals surface area (Å²) in [4.78, 5) is 0. The Kier molecular flexibility index (Phi) is 4.94. The molecular formula is C21H36O4. The summed E-state index contributed by atoms with van der Waals surface area (Å²) in [5.41, 5.74) is 0.289. The second-order valence-electron chi connectivity index (χ2n) is 9.52. The van der Waals surface area contributed by atoms with Crippen molar-refractivity contribution in [3.63, 3.8) is 0 Å². The summed E-state index contributed by atoms with van der Waals surface area (Å²) in [7, 11) is 0. The number of rotatable bonds is 4. The van der Waals surface area contributed by atoms with Gasteiger partial charge in [0.1, 0.15) is 0 Å². The van der Waals surface area contributed by atoms with E-state index in [-0.39, 0.29) is 5.60 Å². The molecule has 7 atom stereocenters. The van der Waals surface area contributed by atoms with E-state index in [0.717, 1.165) is 45.9 Å². The van der Waals surface area contributed by atoms with Gasteiger partial charge >= 0.3 is 0 Å². The van der Waals surface area contributed by atoms with Crippen molar-refractivity contribution in [3.05, 3.63) is 0 Å². The molecule has 1 saturated carbocycles. The van der Waals surface area contributed by atoms with E-state index in [1.54, 1.807) is 0 Å². The van der Waals surface area contributed by atoms with Crippen molar-refractivity contribution in [1.82, 2.24) is 0 Å². The van der Waals surface area contributed by atoms with Crippen molar-refractivity contribution in [2.75, 3.05) is 33.0 Å². The minimum absolute atomic E-state index is 0.0319. The fourth-order valence-electron chi connectivity index (χ4n) is 6.16. The zero-order valence-corrected chi connectivity index (χ0v) is 16.5. The smallest absolute Gasteiger partial charge is 0.0736 e. The summed E-state index contributed by atoms with van der Waals surface area (Å²) in [5.74, 6) is 2.20. The van der Waals surface area contributed by atoms with Gasteiger partial charge in [0.05, 0.1) is 37.6 Å². The highest BCUT2D eigenvalue weighted by molar-refractivity contribution is 5.09. The van der Waals surface area contributed by atoms with Gasteiger partial charge in [0, 0.05) is 31.0 Å². The summed E-state index contributed by atoms with van der Waals surface area (Å²) in [6.45, 7) is 13.4. The van der Waals surface area contributed by atoms with Gasteiger partial charge in [-0.1, -0.05) is 6.92 Å². The van der Waals surface area contributed by atoms with Gasteiger partial charge in [-0.15, -0.1) is 0 Å². The predicted molar refractivity (Wildman–Crippen MR) is 96.5 cm³/mol. The summed E-state index contributed by atoms with van der Waals surface area (Å²) < 4.78 is 24.7. The quantitative estimate of drug-likeness (QED) is 0.773. The molecule has 0 spiro atoms. The van der Waals surface area contributed by atoms with Gasteiger partial charge in [0.25, 0.3) is 0 Å². The third kappa shape index (κ3) is 2.97. The van der Waals surface area contributed by atoms with Crippen LogP contribution in [0.25, 0.3) is 0 Å². The SMILES string of the molecule is CC(C)OCCC1CCC2C3OCC4COCCC4(C)C3COC12C. The van der Waals surface area contributed by atoms with Gasteiger partial charge in [0.2, 0.25) is 0 Å². The molecule has 25 heavy (non-hydrogen) atoms. The van der Waals surface area contributed by atoms with E-state index in [4.69, 9.17) is 18.9 Å². The molecule has 0 aromatic carbocycles. The molecule has 0 radical (unpaired) electrons. The van der Waals surface area contributed by atoms with E-state index in [2.05, 4.69) is 27.7 Å². The highest BCUT2D eigenvalue weighted by Crippen LogP contribution is 2.58. The molecule has 0 bridgehead atoms. The number of hydrogen-bond donors (Lipinski definition) is 0. The highest BCUT2D eigenvalue weighted by atomic mass is 16.5. The topological polar surface area (TPSA) is 36.9 Å². The molecule has 4 heteroatoms. The summed E-state index contributed by atoms with van der Waals surface area (Å²) >= 11 is 0. The molecule has 1 aliphatic carbocycles. The molecule has 4 rings (SSSR count). The van der Waals surface area contributed by atoms with Gasteiger partial charge in [-0.3, -0.25) is 0 Å². The average Bonchev–Trinajstić information content (AvgIpc) is 2.91. The molecule has 0 aromatic heterocycles. The van der Waals surface area contributed by atoms with E-state index in [9.17, 15) is 0 Å². The van der Waals surface area contributed by atoms with Crippen molar-refractivity contribution >= 4 is 0 Å². The van der Waals surface area contributed by atoms with Gasteiger partial charge in [-0.2, -0.15) is 0 Å². The van der Waals surface area contributed by atoms with Gasteiger partial charge in [-0.05, 0) is 57.8 Å². The third-order valence-corrected chi connectivity index (χ3v) is 8.03. The van der Waals surface area contributed by atoms with Crippen molar-refractivity contribution in [2.24, 2.45) is 29.1 Å². The number of fused-ring (bicyclic) bond motifs is 5. The van der Waals surface area contributed by atoms with Crippen LogP contribution in [-0.4, -0.2) is 50.8 Å². The molecule has 4 fully saturated rings. The fraction of sp³-hybridized carbons (Fsp3) is 1.00. The first-order valence-corrected chi connectivity index (χ1v) is 10.4. The molecule has 4 nitrogen and oxygen atoms in total. The van der Waals surface area contributed by atoms with Crippen LogP contribution in [0.1, 0.15) is 53.4 Å². The molecule has 144 valence electrons. The Morgan fingerprint density at radius 2 is 1.92 bits per heavy atom. The Labute approximate surface area is 152 Å². The molecular weight excluding hydrogens is 316 g/mol. The minimum Gasteiger partial charge on any atom is -0.381 e. The zero-order valence-electron chi connectivity index (χ0n) is 16.5.